The number of hydrogen-bond acceptors (Lipinski definition) is 6. The number of aliphatic hydroxyl groups is 3. The molecule has 1 aliphatic heterocycles. The van der Waals surface area contributed by atoms with Crippen LogP contribution >= 0.6 is 0 Å². The molecular formula is C15H28O6. The number of ether oxygens (including phenoxy) is 2. The van der Waals surface area contributed by atoms with Crippen LogP contribution < -0.4 is 0 Å². The highest BCUT2D eigenvalue weighted by atomic mass is 16.6. The molecule has 0 amide bonds. The Morgan fingerprint density at radius 3 is 2.52 bits per heavy atom. The summed E-state index contributed by atoms with van der Waals surface area (Å²) in [7, 11) is 0. The average Bonchev–Trinajstić information content (AvgIpc) is 2.47. The minimum absolute atomic E-state index is 0.0583. The van der Waals surface area contributed by atoms with Crippen molar-refractivity contribution in [2.24, 2.45) is 0 Å². The predicted molar refractivity (Wildman–Crippen MR) is 76.7 cm³/mol. The standard InChI is InChI=1S/C15H28O6/c1-2-3-4-5-6-7-8-13(18)21-15-11(17)10-20-12(9-16)14(15)19/h11-12,14-17,19H,2-10H2,1H3/t11-,12-,14-,15-/m1/s1. The van der Waals surface area contributed by atoms with E-state index in [0.717, 1.165) is 19.3 Å². The number of unbranched alkanes of at least 4 members (excludes halogenated alkanes) is 5. The van der Waals surface area contributed by atoms with Gasteiger partial charge in [-0.1, -0.05) is 39.0 Å². The van der Waals surface area contributed by atoms with Gasteiger partial charge in [-0.3, -0.25) is 4.79 Å². The molecule has 0 bridgehead atoms. The van der Waals surface area contributed by atoms with Crippen molar-refractivity contribution in [1.82, 2.24) is 0 Å². The Labute approximate surface area is 126 Å². The van der Waals surface area contributed by atoms with Gasteiger partial charge in [-0.05, 0) is 6.42 Å². The number of carbonyl (C=O) groups excluding carboxylic acids is 1. The third kappa shape index (κ3) is 6.30. The smallest absolute Gasteiger partial charge is 0.306 e. The van der Waals surface area contributed by atoms with Crippen molar-refractivity contribution in [2.75, 3.05) is 13.2 Å². The van der Waals surface area contributed by atoms with Crippen LogP contribution in [0.5, 0.6) is 0 Å². The molecule has 0 radical (unpaired) electrons. The number of rotatable bonds is 9. The molecule has 1 aliphatic rings. The summed E-state index contributed by atoms with van der Waals surface area (Å²) in [4.78, 5) is 11.7. The molecule has 0 saturated carbocycles. The molecule has 0 spiro atoms. The lowest BCUT2D eigenvalue weighted by Crippen LogP contribution is -2.55. The lowest BCUT2D eigenvalue weighted by atomic mass is 10.0. The average molecular weight is 304 g/mol. The third-order valence-corrected chi connectivity index (χ3v) is 3.76. The Hall–Kier alpha value is -0.690. The van der Waals surface area contributed by atoms with Crippen LogP contribution in [-0.2, 0) is 14.3 Å². The molecule has 0 aromatic rings. The van der Waals surface area contributed by atoms with Gasteiger partial charge in [0.15, 0.2) is 6.10 Å². The van der Waals surface area contributed by atoms with E-state index in [-0.39, 0.29) is 19.6 Å². The summed E-state index contributed by atoms with van der Waals surface area (Å²) in [6.07, 6.45) is 2.60. The van der Waals surface area contributed by atoms with Crippen LogP contribution in [0.25, 0.3) is 0 Å². The Morgan fingerprint density at radius 1 is 1.19 bits per heavy atom. The first-order valence-electron chi connectivity index (χ1n) is 7.88. The minimum Gasteiger partial charge on any atom is -0.457 e. The molecular weight excluding hydrogens is 276 g/mol. The Kier molecular flexibility index (Phi) is 8.84. The molecule has 1 saturated heterocycles. The van der Waals surface area contributed by atoms with Gasteiger partial charge in [-0.15, -0.1) is 0 Å². The fourth-order valence-corrected chi connectivity index (χ4v) is 2.42. The summed E-state index contributed by atoms with van der Waals surface area (Å²) in [5.74, 6) is -0.424. The zero-order chi connectivity index (χ0) is 15.7. The first kappa shape index (κ1) is 18.4. The van der Waals surface area contributed by atoms with Crippen molar-refractivity contribution >= 4 is 5.97 Å². The van der Waals surface area contributed by atoms with Gasteiger partial charge in [0.25, 0.3) is 0 Å². The second kappa shape index (κ2) is 10.1. The van der Waals surface area contributed by atoms with Crippen LogP contribution in [0.1, 0.15) is 51.9 Å². The van der Waals surface area contributed by atoms with Crippen LogP contribution in [0.4, 0.5) is 0 Å². The lowest BCUT2D eigenvalue weighted by molar-refractivity contribution is -0.213. The molecule has 21 heavy (non-hydrogen) atoms. The Balaban J connectivity index is 2.25. The molecule has 3 N–H and O–H groups in total. The topological polar surface area (TPSA) is 96.2 Å². The second-order valence-electron chi connectivity index (χ2n) is 5.58. The van der Waals surface area contributed by atoms with Crippen molar-refractivity contribution in [1.29, 1.82) is 0 Å². The maximum absolute atomic E-state index is 11.7. The quantitative estimate of drug-likeness (QED) is 0.430. The zero-order valence-corrected chi connectivity index (χ0v) is 12.7. The number of hydrogen-bond donors (Lipinski definition) is 3. The summed E-state index contributed by atoms with van der Waals surface area (Å²) in [5.41, 5.74) is 0. The fraction of sp³-hybridized carbons (Fsp3) is 0.933. The minimum atomic E-state index is -1.20. The SMILES string of the molecule is CCCCCCCCC(=O)O[C@H]1[C@H](O)[C@@H](CO)OC[C@H]1O. The van der Waals surface area contributed by atoms with Gasteiger partial charge in [-0.25, -0.2) is 0 Å². The summed E-state index contributed by atoms with van der Waals surface area (Å²) in [6, 6.07) is 0. The summed E-state index contributed by atoms with van der Waals surface area (Å²) in [6.45, 7) is 1.72. The molecule has 6 heteroatoms. The van der Waals surface area contributed by atoms with Gasteiger partial charge < -0.3 is 24.8 Å². The molecule has 1 rings (SSSR count). The van der Waals surface area contributed by atoms with Crippen LogP contribution in [0.3, 0.4) is 0 Å². The lowest BCUT2D eigenvalue weighted by Gasteiger charge is -2.36. The zero-order valence-electron chi connectivity index (χ0n) is 12.7. The fourth-order valence-electron chi connectivity index (χ4n) is 2.42. The molecule has 6 nitrogen and oxygen atoms in total. The van der Waals surface area contributed by atoms with Crippen molar-refractivity contribution in [3.05, 3.63) is 0 Å². The highest BCUT2D eigenvalue weighted by Crippen LogP contribution is 2.19. The molecule has 4 atom stereocenters. The van der Waals surface area contributed by atoms with E-state index in [0.29, 0.717) is 0 Å². The first-order chi connectivity index (χ1) is 10.1. The van der Waals surface area contributed by atoms with E-state index in [1.54, 1.807) is 0 Å². The summed E-state index contributed by atoms with van der Waals surface area (Å²) < 4.78 is 10.2. The second-order valence-corrected chi connectivity index (χ2v) is 5.58. The summed E-state index contributed by atoms with van der Waals surface area (Å²) >= 11 is 0. The van der Waals surface area contributed by atoms with Crippen LogP contribution in [-0.4, -0.2) is 58.9 Å². The maximum Gasteiger partial charge on any atom is 0.306 e. The van der Waals surface area contributed by atoms with Gasteiger partial charge in [0.2, 0.25) is 0 Å². The van der Waals surface area contributed by atoms with E-state index in [1.165, 1.54) is 19.3 Å². The van der Waals surface area contributed by atoms with Crippen molar-refractivity contribution < 1.29 is 29.6 Å². The van der Waals surface area contributed by atoms with Gasteiger partial charge in [0.1, 0.15) is 18.3 Å². The number of carbonyl (C=O) groups is 1. The third-order valence-electron chi connectivity index (χ3n) is 3.76. The van der Waals surface area contributed by atoms with E-state index >= 15 is 0 Å². The van der Waals surface area contributed by atoms with Crippen molar-refractivity contribution in [3.8, 4) is 0 Å². The highest BCUT2D eigenvalue weighted by molar-refractivity contribution is 5.69. The number of esters is 1. The van der Waals surface area contributed by atoms with Gasteiger partial charge in [-0.2, -0.15) is 0 Å². The Morgan fingerprint density at radius 2 is 1.86 bits per heavy atom. The van der Waals surface area contributed by atoms with E-state index in [2.05, 4.69) is 6.92 Å². The molecule has 0 aliphatic carbocycles. The van der Waals surface area contributed by atoms with Crippen molar-refractivity contribution in [3.63, 3.8) is 0 Å². The molecule has 0 aromatic heterocycles. The van der Waals surface area contributed by atoms with Gasteiger partial charge in [0, 0.05) is 6.42 Å². The number of aliphatic hydroxyl groups excluding tert-OH is 3. The van der Waals surface area contributed by atoms with Crippen LogP contribution in [0.2, 0.25) is 0 Å². The van der Waals surface area contributed by atoms with E-state index in [4.69, 9.17) is 14.6 Å². The van der Waals surface area contributed by atoms with E-state index in [1.807, 2.05) is 0 Å². The maximum atomic E-state index is 11.7. The normalized spacial score (nSPS) is 29.3. The molecule has 1 heterocycles. The summed E-state index contributed by atoms with van der Waals surface area (Å²) in [5, 5.41) is 28.7. The monoisotopic (exact) mass is 304 g/mol. The largest absolute Gasteiger partial charge is 0.457 e. The first-order valence-corrected chi connectivity index (χ1v) is 7.88. The van der Waals surface area contributed by atoms with Crippen molar-refractivity contribution in [2.45, 2.75) is 76.3 Å². The van der Waals surface area contributed by atoms with Gasteiger partial charge >= 0.3 is 5.97 Å². The molecule has 124 valence electrons. The molecule has 1 fully saturated rings. The van der Waals surface area contributed by atoms with Gasteiger partial charge in [0.05, 0.1) is 13.2 Å². The van der Waals surface area contributed by atoms with Crippen LogP contribution in [0.15, 0.2) is 0 Å². The molecule has 0 aromatic carbocycles. The highest BCUT2D eigenvalue weighted by Gasteiger charge is 2.40. The molecule has 0 unspecified atom stereocenters. The van der Waals surface area contributed by atoms with E-state index in [9.17, 15) is 15.0 Å². The Bertz CT molecular complexity index is 296. The predicted octanol–water partition coefficient (Wildman–Crippen LogP) is 0.762. The van der Waals surface area contributed by atoms with Crippen LogP contribution in [0, 0.1) is 0 Å². The van der Waals surface area contributed by atoms with E-state index < -0.39 is 30.4 Å².